The second-order valence-corrected chi connectivity index (χ2v) is 5.15. The molecular weight excluding hydrogens is 248 g/mol. The van der Waals surface area contributed by atoms with Gasteiger partial charge in [0.1, 0.15) is 11.3 Å². The summed E-state index contributed by atoms with van der Waals surface area (Å²) in [7, 11) is 0. The lowest BCUT2D eigenvalue weighted by molar-refractivity contribution is 0.257. The number of hydrogen-bond acceptors (Lipinski definition) is 3. The molecule has 0 atom stereocenters. The average molecular weight is 274 g/mol. The lowest BCUT2D eigenvalue weighted by Gasteiger charge is -2.18. The highest BCUT2D eigenvalue weighted by atomic mass is 16.3. The Bertz CT molecular complexity index is 533. The fourth-order valence-corrected chi connectivity index (χ4v) is 2.59. The summed E-state index contributed by atoms with van der Waals surface area (Å²) in [4.78, 5) is 2.44. The van der Waals surface area contributed by atoms with E-state index in [-0.39, 0.29) is 0 Å². The smallest absolute Gasteiger partial charge is 0.134 e. The summed E-state index contributed by atoms with van der Waals surface area (Å²) in [5.74, 6) is 1.11. The Kier molecular flexibility index (Phi) is 5.62. The number of furan rings is 1. The monoisotopic (exact) mass is 274 g/mol. The Balaban J connectivity index is 2.30. The first-order valence-corrected chi connectivity index (χ1v) is 7.72. The van der Waals surface area contributed by atoms with Crippen molar-refractivity contribution in [2.75, 3.05) is 19.6 Å². The summed E-state index contributed by atoms with van der Waals surface area (Å²) >= 11 is 0. The van der Waals surface area contributed by atoms with Gasteiger partial charge in [0, 0.05) is 17.5 Å². The fourth-order valence-electron chi connectivity index (χ4n) is 2.59. The topological polar surface area (TPSA) is 28.4 Å². The van der Waals surface area contributed by atoms with Crippen LogP contribution in [0.5, 0.6) is 0 Å². The Hall–Kier alpha value is -1.32. The minimum atomic E-state index is 0.881. The molecule has 1 aromatic carbocycles. The number of benzene rings is 1. The summed E-state index contributed by atoms with van der Waals surface area (Å²) in [6.45, 7) is 11.5. The van der Waals surface area contributed by atoms with Gasteiger partial charge in [-0.1, -0.05) is 39.0 Å². The van der Waals surface area contributed by atoms with Gasteiger partial charge in [0.2, 0.25) is 0 Å². The number of hydrogen-bond donors (Lipinski definition) is 1. The normalized spacial score (nSPS) is 11.6. The van der Waals surface area contributed by atoms with Gasteiger partial charge in [0.25, 0.3) is 0 Å². The summed E-state index contributed by atoms with van der Waals surface area (Å²) < 4.78 is 6.09. The minimum absolute atomic E-state index is 0.881. The zero-order valence-corrected chi connectivity index (χ0v) is 12.9. The van der Waals surface area contributed by atoms with Gasteiger partial charge in [0.15, 0.2) is 0 Å². The molecule has 1 heterocycles. The van der Waals surface area contributed by atoms with E-state index in [0.29, 0.717) is 0 Å². The molecule has 3 heteroatoms. The van der Waals surface area contributed by atoms with E-state index in [1.807, 2.05) is 6.07 Å². The molecule has 0 amide bonds. The zero-order valence-electron chi connectivity index (χ0n) is 12.9. The van der Waals surface area contributed by atoms with E-state index in [0.717, 1.165) is 44.1 Å². The molecule has 0 aliphatic heterocycles. The molecule has 2 aromatic rings. The Labute approximate surface area is 122 Å². The molecule has 1 N–H and O–H groups in total. The summed E-state index contributed by atoms with van der Waals surface area (Å²) in [6, 6.07) is 8.34. The highest BCUT2D eigenvalue weighted by molar-refractivity contribution is 5.82. The lowest BCUT2D eigenvalue weighted by atomic mass is 10.1. The Morgan fingerprint density at radius 2 is 1.95 bits per heavy atom. The molecule has 0 fully saturated rings. The molecule has 20 heavy (non-hydrogen) atoms. The lowest BCUT2D eigenvalue weighted by Crippen LogP contribution is -2.24. The predicted octanol–water partition coefficient (Wildman–Crippen LogP) is 3.77. The van der Waals surface area contributed by atoms with Crippen LogP contribution in [0, 0.1) is 0 Å². The maximum atomic E-state index is 6.09. The molecule has 0 unspecified atom stereocenters. The average Bonchev–Trinajstić information content (AvgIpc) is 2.82. The van der Waals surface area contributed by atoms with Crippen molar-refractivity contribution in [1.29, 1.82) is 0 Å². The van der Waals surface area contributed by atoms with E-state index in [4.69, 9.17) is 4.42 Å². The van der Waals surface area contributed by atoms with Gasteiger partial charge in [-0.25, -0.2) is 0 Å². The predicted molar refractivity (Wildman–Crippen MR) is 84.8 cm³/mol. The van der Waals surface area contributed by atoms with E-state index in [2.05, 4.69) is 49.2 Å². The van der Waals surface area contributed by atoms with Gasteiger partial charge >= 0.3 is 0 Å². The first-order chi connectivity index (χ1) is 9.80. The van der Waals surface area contributed by atoms with E-state index in [1.54, 1.807) is 0 Å². The van der Waals surface area contributed by atoms with Crippen LogP contribution in [0.1, 0.15) is 38.5 Å². The van der Waals surface area contributed by atoms with Crippen LogP contribution in [0.2, 0.25) is 0 Å². The van der Waals surface area contributed by atoms with Crippen LogP contribution < -0.4 is 5.32 Å². The van der Waals surface area contributed by atoms with Gasteiger partial charge in [-0.05, 0) is 32.1 Å². The van der Waals surface area contributed by atoms with Crippen molar-refractivity contribution in [2.24, 2.45) is 0 Å². The molecule has 110 valence electrons. The van der Waals surface area contributed by atoms with Crippen LogP contribution >= 0.6 is 0 Å². The van der Waals surface area contributed by atoms with Crippen LogP contribution in [0.4, 0.5) is 0 Å². The third kappa shape index (κ3) is 3.41. The van der Waals surface area contributed by atoms with Crippen molar-refractivity contribution < 1.29 is 4.42 Å². The standard InChI is InChI=1S/C17H26N2O/c1-4-11-19(6-3)13-17-15(12-18-5-2)14-9-7-8-10-16(14)20-17/h7-10,18H,4-6,11-13H2,1-3H3. The highest BCUT2D eigenvalue weighted by Crippen LogP contribution is 2.26. The van der Waals surface area contributed by atoms with Crippen LogP contribution in [-0.2, 0) is 13.1 Å². The van der Waals surface area contributed by atoms with E-state index in [9.17, 15) is 0 Å². The number of rotatable bonds is 8. The highest BCUT2D eigenvalue weighted by Gasteiger charge is 2.15. The van der Waals surface area contributed by atoms with E-state index in [1.165, 1.54) is 17.4 Å². The van der Waals surface area contributed by atoms with Gasteiger partial charge in [-0.15, -0.1) is 0 Å². The molecule has 0 spiro atoms. The molecule has 3 nitrogen and oxygen atoms in total. The van der Waals surface area contributed by atoms with Crippen molar-refractivity contribution in [3.05, 3.63) is 35.6 Å². The molecule has 0 radical (unpaired) electrons. The number of nitrogens with zero attached hydrogens (tertiary/aromatic N) is 1. The molecule has 0 aliphatic rings. The van der Waals surface area contributed by atoms with Crippen molar-refractivity contribution in [1.82, 2.24) is 10.2 Å². The van der Waals surface area contributed by atoms with Gasteiger partial charge in [-0.3, -0.25) is 4.90 Å². The molecule has 0 aliphatic carbocycles. The summed E-state index contributed by atoms with van der Waals surface area (Å²) in [6.07, 6.45) is 1.18. The maximum Gasteiger partial charge on any atom is 0.134 e. The third-order valence-electron chi connectivity index (χ3n) is 3.69. The SMILES string of the molecule is CCCN(CC)Cc1oc2ccccc2c1CNCC. The van der Waals surface area contributed by atoms with E-state index < -0.39 is 0 Å². The quantitative estimate of drug-likeness (QED) is 0.794. The van der Waals surface area contributed by atoms with Crippen molar-refractivity contribution >= 4 is 11.0 Å². The van der Waals surface area contributed by atoms with Crippen LogP contribution in [-0.4, -0.2) is 24.5 Å². The fraction of sp³-hybridized carbons (Fsp3) is 0.529. The van der Waals surface area contributed by atoms with Crippen molar-refractivity contribution in [2.45, 2.75) is 40.3 Å². The van der Waals surface area contributed by atoms with Crippen molar-refractivity contribution in [3.63, 3.8) is 0 Å². The summed E-state index contributed by atoms with van der Waals surface area (Å²) in [5, 5.41) is 4.67. The molecule has 0 saturated carbocycles. The minimum Gasteiger partial charge on any atom is -0.459 e. The van der Waals surface area contributed by atoms with Gasteiger partial charge in [0.05, 0.1) is 6.54 Å². The number of para-hydroxylation sites is 1. The Morgan fingerprint density at radius 3 is 2.65 bits per heavy atom. The molecular formula is C17H26N2O. The number of fused-ring (bicyclic) bond motifs is 1. The second kappa shape index (κ2) is 7.46. The van der Waals surface area contributed by atoms with Crippen LogP contribution in [0.25, 0.3) is 11.0 Å². The molecule has 2 rings (SSSR count). The maximum absolute atomic E-state index is 6.09. The first kappa shape index (κ1) is 15.1. The Morgan fingerprint density at radius 1 is 1.15 bits per heavy atom. The van der Waals surface area contributed by atoms with Gasteiger partial charge in [-0.2, -0.15) is 0 Å². The number of nitrogens with one attached hydrogen (secondary N) is 1. The second-order valence-electron chi connectivity index (χ2n) is 5.15. The van der Waals surface area contributed by atoms with Gasteiger partial charge < -0.3 is 9.73 Å². The first-order valence-electron chi connectivity index (χ1n) is 7.72. The van der Waals surface area contributed by atoms with Crippen LogP contribution in [0.3, 0.4) is 0 Å². The van der Waals surface area contributed by atoms with Crippen LogP contribution in [0.15, 0.2) is 28.7 Å². The molecule has 0 bridgehead atoms. The summed E-state index contributed by atoms with van der Waals surface area (Å²) in [5.41, 5.74) is 2.32. The molecule has 1 aromatic heterocycles. The third-order valence-corrected chi connectivity index (χ3v) is 3.69. The largest absolute Gasteiger partial charge is 0.459 e. The zero-order chi connectivity index (χ0) is 14.4. The molecule has 0 saturated heterocycles. The van der Waals surface area contributed by atoms with E-state index >= 15 is 0 Å². The van der Waals surface area contributed by atoms with Crippen molar-refractivity contribution in [3.8, 4) is 0 Å².